The highest BCUT2D eigenvalue weighted by atomic mass is 16.5. The average Bonchev–Trinajstić information content (AvgIpc) is 2.24. The van der Waals surface area contributed by atoms with Crippen LogP contribution >= 0.6 is 0 Å². The Bertz CT molecular complexity index is 189. The summed E-state index contributed by atoms with van der Waals surface area (Å²) in [6, 6.07) is 2.31. The summed E-state index contributed by atoms with van der Waals surface area (Å²) in [4.78, 5) is 0. The molecule has 0 aliphatic heterocycles. The van der Waals surface area contributed by atoms with Crippen LogP contribution in [-0.4, -0.2) is 25.3 Å². The van der Waals surface area contributed by atoms with E-state index in [0.29, 0.717) is 0 Å². The minimum absolute atomic E-state index is 0.386. The zero-order chi connectivity index (χ0) is 11.6. The molecule has 0 amide bonds. The lowest BCUT2D eigenvalue weighted by Gasteiger charge is -2.22. The molecule has 0 aromatic carbocycles. The Balaban J connectivity index is 3.51. The molecule has 0 aliphatic carbocycles. The number of ether oxygens (including phenoxy) is 1. The molecule has 88 valence electrons. The summed E-state index contributed by atoms with van der Waals surface area (Å²) >= 11 is 0. The Hall–Kier alpha value is -0.590. The highest BCUT2D eigenvalue weighted by Crippen LogP contribution is 2.10. The quantitative estimate of drug-likeness (QED) is 0.597. The largest absolute Gasteiger partial charge is 0.381 e. The fraction of sp³-hybridized carbons (Fsp3) is 0.917. The summed E-state index contributed by atoms with van der Waals surface area (Å²) in [7, 11) is 0. The molecule has 0 aromatic rings. The summed E-state index contributed by atoms with van der Waals surface area (Å²) in [5.74, 6) is 0. The van der Waals surface area contributed by atoms with Gasteiger partial charge in [-0.3, -0.25) is 5.32 Å². The standard InChI is InChI=1S/C12H24N2O/c1-4-6-9-15-10-7-8-12(3,11-13)14-5-2/h14H,4-10H2,1-3H3. The molecule has 0 heterocycles. The molecule has 15 heavy (non-hydrogen) atoms. The summed E-state index contributed by atoms with van der Waals surface area (Å²) in [5.41, 5.74) is -0.386. The maximum atomic E-state index is 9.00. The van der Waals surface area contributed by atoms with Gasteiger partial charge in [-0.15, -0.1) is 0 Å². The van der Waals surface area contributed by atoms with Crippen molar-refractivity contribution in [3.8, 4) is 6.07 Å². The van der Waals surface area contributed by atoms with E-state index in [1.54, 1.807) is 0 Å². The number of rotatable bonds is 9. The van der Waals surface area contributed by atoms with E-state index in [2.05, 4.69) is 18.3 Å². The van der Waals surface area contributed by atoms with Crippen molar-refractivity contribution in [3.63, 3.8) is 0 Å². The molecule has 0 radical (unpaired) electrons. The van der Waals surface area contributed by atoms with Gasteiger partial charge in [0.05, 0.1) is 6.07 Å². The molecule has 3 heteroatoms. The number of nitrogens with zero attached hydrogens (tertiary/aromatic N) is 1. The van der Waals surface area contributed by atoms with Crippen molar-refractivity contribution in [3.05, 3.63) is 0 Å². The van der Waals surface area contributed by atoms with E-state index in [-0.39, 0.29) is 5.54 Å². The van der Waals surface area contributed by atoms with Crippen molar-refractivity contribution in [1.82, 2.24) is 5.32 Å². The van der Waals surface area contributed by atoms with Gasteiger partial charge in [-0.25, -0.2) is 0 Å². The summed E-state index contributed by atoms with van der Waals surface area (Å²) in [6.07, 6.45) is 4.10. The minimum Gasteiger partial charge on any atom is -0.381 e. The Labute approximate surface area is 93.8 Å². The van der Waals surface area contributed by atoms with Crippen LogP contribution in [0, 0.1) is 11.3 Å². The first kappa shape index (κ1) is 14.4. The van der Waals surface area contributed by atoms with E-state index in [1.807, 2.05) is 13.8 Å². The van der Waals surface area contributed by atoms with Gasteiger partial charge in [-0.05, 0) is 32.7 Å². The fourth-order valence-electron chi connectivity index (χ4n) is 1.45. The molecule has 0 bridgehead atoms. The Kier molecular flexibility index (Phi) is 8.35. The predicted octanol–water partition coefficient (Wildman–Crippen LogP) is 2.48. The van der Waals surface area contributed by atoms with Crippen molar-refractivity contribution in [2.75, 3.05) is 19.8 Å². The van der Waals surface area contributed by atoms with Crippen LogP contribution in [-0.2, 0) is 4.74 Å². The van der Waals surface area contributed by atoms with Crippen LogP contribution in [0.3, 0.4) is 0 Å². The van der Waals surface area contributed by atoms with Crippen molar-refractivity contribution in [2.45, 2.75) is 52.0 Å². The van der Waals surface area contributed by atoms with Gasteiger partial charge in [-0.2, -0.15) is 5.26 Å². The molecule has 0 aliphatic rings. The second kappa shape index (κ2) is 8.70. The lowest BCUT2D eigenvalue weighted by Crippen LogP contribution is -2.40. The Morgan fingerprint density at radius 3 is 2.47 bits per heavy atom. The lowest BCUT2D eigenvalue weighted by molar-refractivity contribution is 0.123. The molecule has 0 fully saturated rings. The van der Waals surface area contributed by atoms with Crippen LogP contribution in [0.25, 0.3) is 0 Å². The second-order valence-corrected chi connectivity index (χ2v) is 4.04. The van der Waals surface area contributed by atoms with E-state index >= 15 is 0 Å². The molecule has 0 rings (SSSR count). The van der Waals surface area contributed by atoms with Crippen LogP contribution in [0.5, 0.6) is 0 Å². The van der Waals surface area contributed by atoms with Crippen molar-refractivity contribution in [1.29, 1.82) is 5.26 Å². The number of hydrogen-bond donors (Lipinski definition) is 1. The summed E-state index contributed by atoms with van der Waals surface area (Å²) in [5, 5.41) is 12.2. The molecule has 0 saturated heterocycles. The maximum Gasteiger partial charge on any atom is 0.104 e. The van der Waals surface area contributed by atoms with Crippen LogP contribution < -0.4 is 5.32 Å². The van der Waals surface area contributed by atoms with Crippen molar-refractivity contribution < 1.29 is 4.74 Å². The Morgan fingerprint density at radius 2 is 1.93 bits per heavy atom. The predicted molar refractivity (Wildman–Crippen MR) is 62.7 cm³/mol. The first-order valence-electron chi connectivity index (χ1n) is 5.92. The highest BCUT2D eigenvalue weighted by molar-refractivity contribution is 5.03. The molecule has 3 nitrogen and oxygen atoms in total. The number of unbranched alkanes of at least 4 members (excludes halogenated alkanes) is 1. The number of hydrogen-bond acceptors (Lipinski definition) is 3. The maximum absolute atomic E-state index is 9.00. The first-order chi connectivity index (χ1) is 7.18. The first-order valence-corrected chi connectivity index (χ1v) is 5.92. The van der Waals surface area contributed by atoms with Gasteiger partial charge in [0, 0.05) is 13.2 Å². The van der Waals surface area contributed by atoms with Crippen LogP contribution in [0.1, 0.15) is 46.5 Å². The Morgan fingerprint density at radius 1 is 1.27 bits per heavy atom. The lowest BCUT2D eigenvalue weighted by atomic mass is 9.98. The smallest absolute Gasteiger partial charge is 0.104 e. The second-order valence-electron chi connectivity index (χ2n) is 4.04. The highest BCUT2D eigenvalue weighted by Gasteiger charge is 2.21. The molecule has 1 atom stereocenters. The third-order valence-electron chi connectivity index (χ3n) is 2.42. The summed E-state index contributed by atoms with van der Waals surface area (Å²) < 4.78 is 5.45. The normalized spacial score (nSPS) is 14.5. The van der Waals surface area contributed by atoms with E-state index in [0.717, 1.165) is 39.0 Å². The SMILES string of the molecule is CCCCOCCCC(C)(C#N)NCC. The van der Waals surface area contributed by atoms with Gasteiger partial charge < -0.3 is 4.74 Å². The molecular weight excluding hydrogens is 188 g/mol. The molecule has 0 saturated carbocycles. The van der Waals surface area contributed by atoms with E-state index < -0.39 is 0 Å². The van der Waals surface area contributed by atoms with Gasteiger partial charge in [0.2, 0.25) is 0 Å². The van der Waals surface area contributed by atoms with Crippen molar-refractivity contribution >= 4 is 0 Å². The fourth-order valence-corrected chi connectivity index (χ4v) is 1.45. The monoisotopic (exact) mass is 212 g/mol. The molecule has 0 aromatic heterocycles. The molecular formula is C12H24N2O. The van der Waals surface area contributed by atoms with Crippen molar-refractivity contribution in [2.24, 2.45) is 0 Å². The van der Waals surface area contributed by atoms with Crippen LogP contribution in [0.4, 0.5) is 0 Å². The molecule has 1 N–H and O–H groups in total. The third-order valence-corrected chi connectivity index (χ3v) is 2.42. The van der Waals surface area contributed by atoms with E-state index in [4.69, 9.17) is 10.00 Å². The zero-order valence-electron chi connectivity index (χ0n) is 10.3. The topological polar surface area (TPSA) is 45.0 Å². The van der Waals surface area contributed by atoms with Crippen LogP contribution in [0.2, 0.25) is 0 Å². The van der Waals surface area contributed by atoms with Gasteiger partial charge >= 0.3 is 0 Å². The summed E-state index contributed by atoms with van der Waals surface area (Å²) in [6.45, 7) is 8.57. The number of nitrogens with one attached hydrogen (secondary N) is 1. The molecule has 0 spiro atoms. The van der Waals surface area contributed by atoms with Gasteiger partial charge in [0.15, 0.2) is 0 Å². The average molecular weight is 212 g/mol. The van der Waals surface area contributed by atoms with Gasteiger partial charge in [0.1, 0.15) is 5.54 Å². The number of nitriles is 1. The molecule has 1 unspecified atom stereocenters. The van der Waals surface area contributed by atoms with Crippen LogP contribution in [0.15, 0.2) is 0 Å². The minimum atomic E-state index is -0.386. The third kappa shape index (κ3) is 7.35. The van der Waals surface area contributed by atoms with Gasteiger partial charge in [-0.1, -0.05) is 20.3 Å². The van der Waals surface area contributed by atoms with E-state index in [9.17, 15) is 0 Å². The van der Waals surface area contributed by atoms with E-state index in [1.165, 1.54) is 6.42 Å². The zero-order valence-corrected chi connectivity index (χ0v) is 10.3. The van der Waals surface area contributed by atoms with Gasteiger partial charge in [0.25, 0.3) is 0 Å².